The molecule has 4 heteroatoms. The molecule has 1 aliphatic rings. The van der Waals surface area contributed by atoms with Gasteiger partial charge in [0.1, 0.15) is 5.76 Å². The van der Waals surface area contributed by atoms with Crippen molar-refractivity contribution in [1.82, 2.24) is 4.90 Å². The van der Waals surface area contributed by atoms with E-state index in [4.69, 9.17) is 9.52 Å². The van der Waals surface area contributed by atoms with Gasteiger partial charge in [-0.25, -0.2) is 4.79 Å². The van der Waals surface area contributed by atoms with Crippen LogP contribution in [0.2, 0.25) is 0 Å². The molecule has 2 heterocycles. The van der Waals surface area contributed by atoms with Gasteiger partial charge in [-0.15, -0.1) is 0 Å². The molecule has 0 bridgehead atoms. The van der Waals surface area contributed by atoms with Crippen molar-refractivity contribution in [2.45, 2.75) is 39.3 Å². The molecule has 1 aromatic heterocycles. The van der Waals surface area contributed by atoms with E-state index in [1.54, 1.807) is 6.07 Å². The second-order valence-electron chi connectivity index (χ2n) is 4.46. The summed E-state index contributed by atoms with van der Waals surface area (Å²) in [5, 5.41) is 8.83. The molecule has 88 valence electrons. The fourth-order valence-electron chi connectivity index (χ4n) is 2.23. The zero-order valence-corrected chi connectivity index (χ0v) is 9.69. The van der Waals surface area contributed by atoms with Crippen molar-refractivity contribution in [3.05, 3.63) is 23.2 Å². The lowest BCUT2D eigenvalue weighted by molar-refractivity contribution is 0.0661. The van der Waals surface area contributed by atoms with Gasteiger partial charge in [0.05, 0.1) is 0 Å². The maximum Gasteiger partial charge on any atom is 0.371 e. The van der Waals surface area contributed by atoms with Gasteiger partial charge in [-0.2, -0.15) is 0 Å². The van der Waals surface area contributed by atoms with Gasteiger partial charge in [0.25, 0.3) is 0 Å². The van der Waals surface area contributed by atoms with Crippen molar-refractivity contribution in [2.24, 2.45) is 0 Å². The lowest BCUT2D eigenvalue weighted by Crippen LogP contribution is -2.26. The van der Waals surface area contributed by atoms with E-state index in [-0.39, 0.29) is 5.76 Å². The van der Waals surface area contributed by atoms with Gasteiger partial charge in [-0.1, -0.05) is 0 Å². The Morgan fingerprint density at radius 2 is 2.44 bits per heavy atom. The predicted octanol–water partition coefficient (Wildman–Crippen LogP) is 2.27. The van der Waals surface area contributed by atoms with Crippen molar-refractivity contribution in [3.8, 4) is 0 Å². The maximum absolute atomic E-state index is 10.8. The molecule has 1 aliphatic heterocycles. The number of carboxylic acid groups (broad SMARTS) is 1. The van der Waals surface area contributed by atoms with E-state index in [9.17, 15) is 4.79 Å². The number of carbonyl (C=O) groups is 1. The molecule has 1 atom stereocenters. The van der Waals surface area contributed by atoms with Gasteiger partial charge in [-0.05, 0) is 39.3 Å². The van der Waals surface area contributed by atoms with E-state index in [0.29, 0.717) is 6.04 Å². The Balaban J connectivity index is 2.12. The smallest absolute Gasteiger partial charge is 0.371 e. The van der Waals surface area contributed by atoms with Crippen LogP contribution in [0.1, 0.15) is 41.6 Å². The van der Waals surface area contributed by atoms with Crippen LogP contribution in [0, 0.1) is 6.92 Å². The highest BCUT2D eigenvalue weighted by molar-refractivity contribution is 5.84. The van der Waals surface area contributed by atoms with E-state index in [2.05, 4.69) is 11.8 Å². The van der Waals surface area contributed by atoms with Crippen molar-refractivity contribution in [3.63, 3.8) is 0 Å². The zero-order valence-electron chi connectivity index (χ0n) is 9.69. The van der Waals surface area contributed by atoms with Gasteiger partial charge < -0.3 is 9.52 Å². The number of aryl methyl sites for hydroxylation is 1. The van der Waals surface area contributed by atoms with Crippen molar-refractivity contribution in [2.75, 3.05) is 6.54 Å². The Kier molecular flexibility index (Phi) is 3.01. The van der Waals surface area contributed by atoms with E-state index in [0.717, 1.165) is 24.4 Å². The van der Waals surface area contributed by atoms with Crippen LogP contribution in [0.25, 0.3) is 0 Å². The lowest BCUT2D eigenvalue weighted by atomic mass is 10.2. The van der Waals surface area contributed by atoms with Crippen LogP contribution in [-0.4, -0.2) is 28.6 Å². The topological polar surface area (TPSA) is 53.7 Å². The highest BCUT2D eigenvalue weighted by Crippen LogP contribution is 2.22. The summed E-state index contributed by atoms with van der Waals surface area (Å²) < 4.78 is 5.20. The summed E-state index contributed by atoms with van der Waals surface area (Å²) in [6.45, 7) is 5.92. The molecule has 0 spiro atoms. The Labute approximate surface area is 94.9 Å². The number of aromatic carboxylic acids is 1. The molecule has 16 heavy (non-hydrogen) atoms. The Morgan fingerprint density at radius 3 is 2.94 bits per heavy atom. The van der Waals surface area contributed by atoms with Crippen molar-refractivity contribution < 1.29 is 14.3 Å². The number of hydrogen-bond acceptors (Lipinski definition) is 3. The minimum atomic E-state index is -0.996. The summed E-state index contributed by atoms with van der Waals surface area (Å²) in [5.41, 5.74) is 0.992. The summed E-state index contributed by atoms with van der Waals surface area (Å²) in [5.74, 6) is -0.236. The van der Waals surface area contributed by atoms with Gasteiger partial charge in [0.15, 0.2) is 0 Å². The SMILES string of the molecule is Cc1oc(C(=O)O)cc1CN1CCCC1C. The molecular formula is C12H17NO3. The molecule has 0 amide bonds. The summed E-state index contributed by atoms with van der Waals surface area (Å²) in [6, 6.07) is 2.23. The first-order chi connectivity index (χ1) is 7.58. The maximum atomic E-state index is 10.8. The molecular weight excluding hydrogens is 206 g/mol. The summed E-state index contributed by atoms with van der Waals surface area (Å²) in [6.07, 6.45) is 2.45. The second-order valence-corrected chi connectivity index (χ2v) is 4.46. The Morgan fingerprint density at radius 1 is 1.69 bits per heavy atom. The first-order valence-corrected chi connectivity index (χ1v) is 5.64. The second kappa shape index (κ2) is 4.29. The summed E-state index contributed by atoms with van der Waals surface area (Å²) in [7, 11) is 0. The molecule has 0 saturated carbocycles. The third-order valence-corrected chi connectivity index (χ3v) is 3.30. The largest absolute Gasteiger partial charge is 0.475 e. The highest BCUT2D eigenvalue weighted by Gasteiger charge is 2.22. The van der Waals surface area contributed by atoms with Gasteiger partial charge in [0.2, 0.25) is 5.76 Å². The van der Waals surface area contributed by atoms with Crippen molar-refractivity contribution >= 4 is 5.97 Å². The molecule has 1 N–H and O–H groups in total. The summed E-state index contributed by atoms with van der Waals surface area (Å²) >= 11 is 0. The van der Waals surface area contributed by atoms with Crippen LogP contribution in [0.3, 0.4) is 0 Å². The quantitative estimate of drug-likeness (QED) is 0.854. The molecule has 0 aliphatic carbocycles. The number of furan rings is 1. The average Bonchev–Trinajstić information content (AvgIpc) is 2.76. The fourth-order valence-corrected chi connectivity index (χ4v) is 2.23. The molecule has 0 radical (unpaired) electrons. The highest BCUT2D eigenvalue weighted by atomic mass is 16.4. The van der Waals surface area contributed by atoms with Gasteiger partial charge in [0, 0.05) is 18.2 Å². The number of likely N-dealkylation sites (tertiary alicyclic amines) is 1. The van der Waals surface area contributed by atoms with Crippen molar-refractivity contribution in [1.29, 1.82) is 0 Å². The molecule has 1 fully saturated rings. The lowest BCUT2D eigenvalue weighted by Gasteiger charge is -2.20. The van der Waals surface area contributed by atoms with E-state index in [1.807, 2.05) is 6.92 Å². The third kappa shape index (κ3) is 2.11. The molecule has 0 aromatic carbocycles. The van der Waals surface area contributed by atoms with Gasteiger partial charge >= 0.3 is 5.97 Å². The molecule has 4 nitrogen and oxygen atoms in total. The molecule has 2 rings (SSSR count). The molecule has 1 unspecified atom stereocenters. The monoisotopic (exact) mass is 223 g/mol. The van der Waals surface area contributed by atoms with Crippen LogP contribution < -0.4 is 0 Å². The van der Waals surface area contributed by atoms with Crippen LogP contribution in [-0.2, 0) is 6.54 Å². The minimum Gasteiger partial charge on any atom is -0.475 e. The van der Waals surface area contributed by atoms with Crippen LogP contribution in [0.5, 0.6) is 0 Å². The molecule has 1 aromatic rings. The zero-order chi connectivity index (χ0) is 11.7. The summed E-state index contributed by atoms with van der Waals surface area (Å²) in [4.78, 5) is 13.1. The van der Waals surface area contributed by atoms with Crippen LogP contribution in [0.4, 0.5) is 0 Å². The van der Waals surface area contributed by atoms with E-state index < -0.39 is 5.97 Å². The number of hydrogen-bond donors (Lipinski definition) is 1. The Hall–Kier alpha value is -1.29. The normalized spacial score (nSPS) is 21.5. The number of nitrogens with zero attached hydrogens (tertiary/aromatic N) is 1. The standard InChI is InChI=1S/C12H17NO3/c1-8-4-3-5-13(8)7-10-6-11(12(14)15)16-9(10)2/h6,8H,3-5,7H2,1-2H3,(H,14,15). The first-order valence-electron chi connectivity index (χ1n) is 5.64. The van der Waals surface area contributed by atoms with Crippen LogP contribution in [0.15, 0.2) is 10.5 Å². The van der Waals surface area contributed by atoms with E-state index in [1.165, 1.54) is 12.8 Å². The van der Waals surface area contributed by atoms with E-state index >= 15 is 0 Å². The van der Waals surface area contributed by atoms with Gasteiger partial charge in [-0.3, -0.25) is 4.90 Å². The van der Waals surface area contributed by atoms with Crippen LogP contribution >= 0.6 is 0 Å². The third-order valence-electron chi connectivity index (χ3n) is 3.30. The Bertz CT molecular complexity index is 397. The first kappa shape index (κ1) is 11.2. The fraction of sp³-hybridized carbons (Fsp3) is 0.583. The minimum absolute atomic E-state index is 0.0411. The molecule has 1 saturated heterocycles. The average molecular weight is 223 g/mol. The number of rotatable bonds is 3. The number of carboxylic acids is 1. The predicted molar refractivity (Wildman–Crippen MR) is 59.5 cm³/mol.